The molecule has 0 atom stereocenters. The van der Waals surface area contributed by atoms with Crippen LogP contribution in [-0.4, -0.2) is 34.7 Å². The number of hydrogen-bond acceptors (Lipinski definition) is 5. The van der Waals surface area contributed by atoms with E-state index in [0.717, 1.165) is 29.0 Å². The molecule has 0 saturated carbocycles. The molecule has 146 valence electrons. The summed E-state index contributed by atoms with van der Waals surface area (Å²) in [6.45, 7) is 4.36. The van der Waals surface area contributed by atoms with Crippen molar-refractivity contribution < 1.29 is 14.5 Å². The molecule has 2 amide bonds. The van der Waals surface area contributed by atoms with Gasteiger partial charge in [-0.2, -0.15) is 0 Å². The lowest BCUT2D eigenvalue weighted by atomic mass is 9.98. The first-order valence-corrected chi connectivity index (χ1v) is 9.34. The number of rotatable bonds is 5. The summed E-state index contributed by atoms with van der Waals surface area (Å²) in [5, 5.41) is 11.0. The minimum atomic E-state index is -0.494. The van der Waals surface area contributed by atoms with E-state index in [1.54, 1.807) is 0 Å². The van der Waals surface area contributed by atoms with Gasteiger partial charge in [-0.1, -0.05) is 24.3 Å². The predicted octanol–water partition coefficient (Wildman–Crippen LogP) is 3.31. The molecule has 2 heterocycles. The maximum Gasteiger partial charge on any atom is 0.278 e. The molecule has 0 saturated heterocycles. The quantitative estimate of drug-likeness (QED) is 0.339. The second-order valence-electron chi connectivity index (χ2n) is 6.92. The molecule has 29 heavy (non-hydrogen) atoms. The van der Waals surface area contributed by atoms with Crippen LogP contribution in [0.3, 0.4) is 0 Å². The van der Waals surface area contributed by atoms with Crippen molar-refractivity contribution in [2.45, 2.75) is 12.8 Å². The third-order valence-electron chi connectivity index (χ3n) is 5.20. The highest BCUT2D eigenvalue weighted by atomic mass is 16.6. The van der Waals surface area contributed by atoms with Crippen LogP contribution in [0.1, 0.15) is 17.5 Å². The van der Waals surface area contributed by atoms with Crippen LogP contribution in [0.4, 0.5) is 11.4 Å². The van der Waals surface area contributed by atoms with E-state index in [2.05, 4.69) is 6.58 Å². The van der Waals surface area contributed by atoms with Crippen LogP contribution in [0, 0.1) is 10.1 Å². The molecule has 7 heteroatoms. The largest absolute Gasteiger partial charge is 0.336 e. The summed E-state index contributed by atoms with van der Waals surface area (Å²) in [7, 11) is 0. The number of carbonyl (C=O) groups is 2. The standard InChI is InChI=1S/C22H19N3O4/c1-2-13-24-21(26)19(16-9-11-17(12-10-16)25(28)29)20(22(24)27)23-14-5-7-15-6-3-4-8-18(15)23/h2-4,6,8-12H,1,5,7,13-14H2. The van der Waals surface area contributed by atoms with Crippen molar-refractivity contribution in [2.24, 2.45) is 0 Å². The molecule has 0 radical (unpaired) electrons. The molecule has 0 spiro atoms. The molecule has 0 N–H and O–H groups in total. The Bertz CT molecular complexity index is 1060. The maximum absolute atomic E-state index is 13.2. The van der Waals surface area contributed by atoms with Crippen molar-refractivity contribution in [1.82, 2.24) is 4.90 Å². The molecule has 0 bridgehead atoms. The number of anilines is 1. The van der Waals surface area contributed by atoms with Gasteiger partial charge in [0.15, 0.2) is 0 Å². The zero-order chi connectivity index (χ0) is 20.5. The first-order valence-electron chi connectivity index (χ1n) is 9.34. The summed E-state index contributed by atoms with van der Waals surface area (Å²) < 4.78 is 0. The van der Waals surface area contributed by atoms with Gasteiger partial charge < -0.3 is 4.90 Å². The predicted molar refractivity (Wildman–Crippen MR) is 109 cm³/mol. The molecule has 2 aromatic carbocycles. The number of nitro groups is 1. The summed E-state index contributed by atoms with van der Waals surface area (Å²) in [6.07, 6.45) is 3.28. The van der Waals surface area contributed by atoms with Crippen LogP contribution in [0.15, 0.2) is 66.9 Å². The molecule has 2 aromatic rings. The lowest BCUT2D eigenvalue weighted by Gasteiger charge is -2.32. The summed E-state index contributed by atoms with van der Waals surface area (Å²) in [5.41, 5.74) is 3.03. The molecule has 4 rings (SSSR count). The van der Waals surface area contributed by atoms with Crippen LogP contribution in [0.2, 0.25) is 0 Å². The Hall–Kier alpha value is -3.74. The van der Waals surface area contributed by atoms with Crippen molar-refractivity contribution >= 4 is 28.8 Å². The third-order valence-corrected chi connectivity index (χ3v) is 5.20. The number of imide groups is 1. The SMILES string of the molecule is C=CCN1C(=O)C(c2ccc([N+](=O)[O-])cc2)=C(N2CCCc3ccccc32)C1=O. The number of nitrogens with zero attached hydrogens (tertiary/aromatic N) is 3. The summed E-state index contributed by atoms with van der Waals surface area (Å²) in [4.78, 5) is 39.9. The average Bonchev–Trinajstić information content (AvgIpc) is 2.98. The van der Waals surface area contributed by atoms with Gasteiger partial charge in [-0.15, -0.1) is 6.58 Å². The smallest absolute Gasteiger partial charge is 0.278 e. The van der Waals surface area contributed by atoms with E-state index in [1.807, 2.05) is 29.2 Å². The second kappa shape index (κ2) is 7.35. The van der Waals surface area contributed by atoms with Gasteiger partial charge in [-0.3, -0.25) is 24.6 Å². The second-order valence-corrected chi connectivity index (χ2v) is 6.92. The highest BCUT2D eigenvalue weighted by Crippen LogP contribution is 2.38. The van der Waals surface area contributed by atoms with E-state index >= 15 is 0 Å². The fraction of sp³-hybridized carbons (Fsp3) is 0.182. The molecule has 0 aliphatic carbocycles. The fourth-order valence-electron chi connectivity index (χ4n) is 3.88. The number of hydrogen-bond donors (Lipinski definition) is 0. The van der Waals surface area contributed by atoms with Gasteiger partial charge in [-0.25, -0.2) is 0 Å². The fourth-order valence-corrected chi connectivity index (χ4v) is 3.88. The van der Waals surface area contributed by atoms with Crippen molar-refractivity contribution in [2.75, 3.05) is 18.0 Å². The molecule has 2 aliphatic heterocycles. The maximum atomic E-state index is 13.2. The summed E-state index contributed by atoms with van der Waals surface area (Å²) in [6, 6.07) is 13.6. The minimum absolute atomic E-state index is 0.0704. The van der Waals surface area contributed by atoms with Crippen molar-refractivity contribution in [1.29, 1.82) is 0 Å². The Kier molecular flexibility index (Phi) is 4.72. The normalized spacial score (nSPS) is 16.3. The van der Waals surface area contributed by atoms with Crippen molar-refractivity contribution in [3.05, 3.63) is 88.1 Å². The highest BCUT2D eigenvalue weighted by molar-refractivity contribution is 6.36. The molecular weight excluding hydrogens is 370 g/mol. The Labute approximate surface area is 167 Å². The third kappa shape index (κ3) is 3.10. The van der Waals surface area contributed by atoms with E-state index in [-0.39, 0.29) is 23.7 Å². The van der Waals surface area contributed by atoms with Gasteiger partial charge in [0.25, 0.3) is 17.5 Å². The number of para-hydroxylation sites is 1. The van der Waals surface area contributed by atoms with E-state index in [9.17, 15) is 19.7 Å². The monoisotopic (exact) mass is 389 g/mol. The van der Waals surface area contributed by atoms with Crippen LogP contribution < -0.4 is 4.90 Å². The Balaban J connectivity index is 1.88. The van der Waals surface area contributed by atoms with E-state index < -0.39 is 10.8 Å². The van der Waals surface area contributed by atoms with Gasteiger partial charge in [-0.05, 0) is 42.2 Å². The van der Waals surface area contributed by atoms with Crippen LogP contribution >= 0.6 is 0 Å². The number of nitro benzene ring substituents is 1. The van der Waals surface area contributed by atoms with Crippen molar-refractivity contribution in [3.63, 3.8) is 0 Å². The summed E-state index contributed by atoms with van der Waals surface area (Å²) in [5.74, 6) is -0.790. The van der Waals surface area contributed by atoms with Crippen molar-refractivity contribution in [3.8, 4) is 0 Å². The van der Waals surface area contributed by atoms with Crippen LogP contribution in [0.25, 0.3) is 5.57 Å². The van der Waals surface area contributed by atoms with E-state index in [0.29, 0.717) is 17.8 Å². The molecule has 7 nitrogen and oxygen atoms in total. The molecule has 0 unspecified atom stereocenters. The lowest BCUT2D eigenvalue weighted by Crippen LogP contribution is -2.37. The van der Waals surface area contributed by atoms with E-state index in [4.69, 9.17) is 0 Å². The van der Waals surface area contributed by atoms with Gasteiger partial charge in [0.2, 0.25) is 0 Å². The number of benzene rings is 2. The molecule has 0 fully saturated rings. The average molecular weight is 389 g/mol. The van der Waals surface area contributed by atoms with Gasteiger partial charge in [0, 0.05) is 30.9 Å². The molecule has 2 aliphatic rings. The lowest BCUT2D eigenvalue weighted by molar-refractivity contribution is -0.384. The number of non-ortho nitro benzene ring substituents is 1. The number of amides is 2. The Morgan fingerprint density at radius 1 is 1.07 bits per heavy atom. The zero-order valence-corrected chi connectivity index (χ0v) is 15.7. The first-order chi connectivity index (χ1) is 14.0. The zero-order valence-electron chi connectivity index (χ0n) is 15.7. The minimum Gasteiger partial charge on any atom is -0.336 e. The number of fused-ring (bicyclic) bond motifs is 1. The molecule has 0 aromatic heterocycles. The van der Waals surface area contributed by atoms with Crippen LogP contribution in [-0.2, 0) is 16.0 Å². The Morgan fingerprint density at radius 3 is 2.48 bits per heavy atom. The summed E-state index contributed by atoms with van der Waals surface area (Å²) >= 11 is 0. The van der Waals surface area contributed by atoms with E-state index in [1.165, 1.54) is 30.3 Å². The highest BCUT2D eigenvalue weighted by Gasteiger charge is 2.42. The first kappa shape index (κ1) is 18.6. The van der Waals surface area contributed by atoms with Gasteiger partial charge >= 0.3 is 0 Å². The van der Waals surface area contributed by atoms with Crippen LogP contribution in [0.5, 0.6) is 0 Å². The number of aryl methyl sites for hydroxylation is 1. The Morgan fingerprint density at radius 2 is 1.79 bits per heavy atom. The van der Waals surface area contributed by atoms with Gasteiger partial charge in [0.05, 0.1) is 10.5 Å². The number of carbonyl (C=O) groups excluding carboxylic acids is 2. The molecular formula is C22H19N3O4. The topological polar surface area (TPSA) is 83.8 Å². The van der Waals surface area contributed by atoms with Gasteiger partial charge in [0.1, 0.15) is 5.70 Å².